The van der Waals surface area contributed by atoms with Crippen molar-refractivity contribution in [2.45, 2.75) is 25.9 Å². The number of aromatic nitrogens is 2. The zero-order valence-corrected chi connectivity index (χ0v) is 9.31. The van der Waals surface area contributed by atoms with E-state index in [4.69, 9.17) is 4.42 Å². The third kappa shape index (κ3) is 1.46. The van der Waals surface area contributed by atoms with Gasteiger partial charge in [0.2, 0.25) is 0 Å². The quantitative estimate of drug-likeness (QED) is 0.833. The average molecular weight is 217 g/mol. The standard InChI is InChI=1S/C12H15N3O/c1-2-15-8-10(7-14-15)11-12-9(3-5-13-11)4-6-16-12/h4,6-8,11,13H,2-3,5H2,1H3. The van der Waals surface area contributed by atoms with Gasteiger partial charge in [0.25, 0.3) is 0 Å². The second-order valence-electron chi connectivity index (χ2n) is 4.08. The van der Waals surface area contributed by atoms with Gasteiger partial charge in [-0.05, 0) is 25.0 Å². The van der Waals surface area contributed by atoms with Crippen LogP contribution in [0.3, 0.4) is 0 Å². The highest BCUT2D eigenvalue weighted by Crippen LogP contribution is 2.28. The number of furan rings is 1. The van der Waals surface area contributed by atoms with Crippen molar-refractivity contribution in [3.8, 4) is 0 Å². The van der Waals surface area contributed by atoms with E-state index in [-0.39, 0.29) is 6.04 Å². The van der Waals surface area contributed by atoms with E-state index in [1.165, 1.54) is 11.1 Å². The summed E-state index contributed by atoms with van der Waals surface area (Å²) < 4.78 is 7.51. The van der Waals surface area contributed by atoms with Gasteiger partial charge in [-0.1, -0.05) is 0 Å². The molecule has 1 aliphatic heterocycles. The highest BCUT2D eigenvalue weighted by molar-refractivity contribution is 5.31. The zero-order chi connectivity index (χ0) is 11.0. The van der Waals surface area contributed by atoms with Crippen molar-refractivity contribution < 1.29 is 4.42 Å². The second kappa shape index (κ2) is 3.79. The lowest BCUT2D eigenvalue weighted by Gasteiger charge is -2.21. The minimum atomic E-state index is 0.166. The number of nitrogens with zero attached hydrogens (tertiary/aromatic N) is 2. The molecule has 4 heteroatoms. The van der Waals surface area contributed by atoms with Crippen LogP contribution in [0, 0.1) is 0 Å². The predicted molar refractivity (Wildman–Crippen MR) is 60.2 cm³/mol. The van der Waals surface area contributed by atoms with E-state index in [1.54, 1.807) is 6.26 Å². The molecule has 0 radical (unpaired) electrons. The number of aryl methyl sites for hydroxylation is 1. The van der Waals surface area contributed by atoms with Crippen LogP contribution in [0.1, 0.15) is 29.9 Å². The maximum Gasteiger partial charge on any atom is 0.128 e. The van der Waals surface area contributed by atoms with Crippen LogP contribution < -0.4 is 5.32 Å². The number of nitrogens with one attached hydrogen (secondary N) is 1. The Bertz CT molecular complexity index is 486. The monoisotopic (exact) mass is 217 g/mol. The molecule has 2 aromatic rings. The van der Waals surface area contributed by atoms with Gasteiger partial charge in [-0.3, -0.25) is 4.68 Å². The molecule has 3 heterocycles. The van der Waals surface area contributed by atoms with E-state index < -0.39 is 0 Å². The topological polar surface area (TPSA) is 43.0 Å². The summed E-state index contributed by atoms with van der Waals surface area (Å²) in [5.41, 5.74) is 2.49. The lowest BCUT2D eigenvalue weighted by Crippen LogP contribution is -2.29. The fourth-order valence-electron chi connectivity index (χ4n) is 2.22. The normalized spacial score (nSPS) is 19.7. The summed E-state index contributed by atoms with van der Waals surface area (Å²) in [6, 6.07) is 2.23. The Kier molecular flexibility index (Phi) is 2.29. The van der Waals surface area contributed by atoms with Crippen LogP contribution in [0.15, 0.2) is 29.1 Å². The molecular weight excluding hydrogens is 202 g/mol. The Labute approximate surface area is 94.3 Å². The largest absolute Gasteiger partial charge is 0.467 e. The van der Waals surface area contributed by atoms with E-state index in [0.717, 1.165) is 25.3 Å². The molecule has 0 saturated carbocycles. The van der Waals surface area contributed by atoms with Gasteiger partial charge < -0.3 is 9.73 Å². The molecule has 0 amide bonds. The minimum absolute atomic E-state index is 0.166. The van der Waals surface area contributed by atoms with Crippen molar-refractivity contribution in [2.24, 2.45) is 0 Å². The summed E-state index contributed by atoms with van der Waals surface area (Å²) in [7, 11) is 0. The molecule has 4 nitrogen and oxygen atoms in total. The van der Waals surface area contributed by atoms with Crippen molar-refractivity contribution in [1.82, 2.24) is 15.1 Å². The van der Waals surface area contributed by atoms with Crippen molar-refractivity contribution in [3.05, 3.63) is 41.6 Å². The van der Waals surface area contributed by atoms with Crippen LogP contribution in [0.5, 0.6) is 0 Å². The minimum Gasteiger partial charge on any atom is -0.467 e. The third-order valence-corrected chi connectivity index (χ3v) is 3.10. The smallest absolute Gasteiger partial charge is 0.128 e. The molecule has 16 heavy (non-hydrogen) atoms. The molecule has 0 fully saturated rings. The summed E-state index contributed by atoms with van der Waals surface area (Å²) >= 11 is 0. The van der Waals surface area contributed by atoms with Crippen molar-refractivity contribution in [3.63, 3.8) is 0 Å². The van der Waals surface area contributed by atoms with Crippen molar-refractivity contribution in [2.75, 3.05) is 6.54 Å². The van der Waals surface area contributed by atoms with Gasteiger partial charge in [0.1, 0.15) is 5.76 Å². The van der Waals surface area contributed by atoms with Crippen LogP contribution >= 0.6 is 0 Å². The summed E-state index contributed by atoms with van der Waals surface area (Å²) in [6.45, 7) is 3.98. The van der Waals surface area contributed by atoms with E-state index in [0.29, 0.717) is 0 Å². The molecule has 3 rings (SSSR count). The molecule has 2 aromatic heterocycles. The van der Waals surface area contributed by atoms with Crippen molar-refractivity contribution >= 4 is 0 Å². The third-order valence-electron chi connectivity index (χ3n) is 3.10. The molecule has 0 bridgehead atoms. The maximum atomic E-state index is 5.57. The molecule has 0 aliphatic carbocycles. The first-order valence-electron chi connectivity index (χ1n) is 5.70. The summed E-state index contributed by atoms with van der Waals surface area (Å²) in [5, 5.41) is 7.77. The van der Waals surface area contributed by atoms with Crippen LogP contribution in [0.25, 0.3) is 0 Å². The van der Waals surface area contributed by atoms with Crippen LogP contribution in [0.2, 0.25) is 0 Å². The van der Waals surface area contributed by atoms with Gasteiger partial charge in [-0.15, -0.1) is 0 Å². The van der Waals surface area contributed by atoms with E-state index in [2.05, 4.69) is 29.6 Å². The second-order valence-corrected chi connectivity index (χ2v) is 4.08. The van der Waals surface area contributed by atoms with E-state index in [1.807, 2.05) is 10.9 Å². The Morgan fingerprint density at radius 1 is 1.62 bits per heavy atom. The summed E-state index contributed by atoms with van der Waals surface area (Å²) in [4.78, 5) is 0. The molecule has 0 aromatic carbocycles. The van der Waals surface area contributed by atoms with Crippen LogP contribution in [0.4, 0.5) is 0 Å². The van der Waals surface area contributed by atoms with Gasteiger partial charge in [-0.2, -0.15) is 5.10 Å². The number of hydrogen-bond acceptors (Lipinski definition) is 3. The number of rotatable bonds is 2. The van der Waals surface area contributed by atoms with Gasteiger partial charge in [0, 0.05) is 24.8 Å². The predicted octanol–water partition coefficient (Wildman–Crippen LogP) is 1.73. The molecule has 84 valence electrons. The highest BCUT2D eigenvalue weighted by Gasteiger charge is 2.25. The van der Waals surface area contributed by atoms with Gasteiger partial charge >= 0.3 is 0 Å². The summed E-state index contributed by atoms with van der Waals surface area (Å²) in [6.07, 6.45) is 6.81. The van der Waals surface area contributed by atoms with Crippen LogP contribution in [-0.2, 0) is 13.0 Å². The Hall–Kier alpha value is -1.55. The van der Waals surface area contributed by atoms with Gasteiger partial charge in [-0.25, -0.2) is 0 Å². The Morgan fingerprint density at radius 2 is 2.56 bits per heavy atom. The SMILES string of the molecule is CCn1cc(C2NCCc3ccoc32)cn1. The Balaban J connectivity index is 1.97. The molecule has 1 unspecified atom stereocenters. The first-order chi connectivity index (χ1) is 7.88. The fraction of sp³-hybridized carbons (Fsp3) is 0.417. The van der Waals surface area contributed by atoms with Crippen molar-refractivity contribution in [1.29, 1.82) is 0 Å². The van der Waals surface area contributed by atoms with E-state index >= 15 is 0 Å². The molecule has 1 atom stereocenters. The molecule has 1 N–H and O–H groups in total. The highest BCUT2D eigenvalue weighted by atomic mass is 16.3. The van der Waals surface area contributed by atoms with E-state index in [9.17, 15) is 0 Å². The van der Waals surface area contributed by atoms with Gasteiger partial charge in [0.15, 0.2) is 0 Å². The molecule has 0 saturated heterocycles. The summed E-state index contributed by atoms with van der Waals surface area (Å²) in [5.74, 6) is 1.04. The maximum absolute atomic E-state index is 5.57. The zero-order valence-electron chi connectivity index (χ0n) is 9.31. The fourth-order valence-corrected chi connectivity index (χ4v) is 2.22. The number of hydrogen-bond donors (Lipinski definition) is 1. The average Bonchev–Trinajstić information content (AvgIpc) is 2.97. The lowest BCUT2D eigenvalue weighted by atomic mass is 9.99. The lowest BCUT2D eigenvalue weighted by molar-refractivity contribution is 0.425. The number of fused-ring (bicyclic) bond motifs is 1. The Morgan fingerprint density at radius 3 is 3.38 bits per heavy atom. The molecular formula is C12H15N3O. The molecule has 0 spiro atoms. The first-order valence-corrected chi connectivity index (χ1v) is 5.70. The first kappa shape index (κ1) is 9.66. The van der Waals surface area contributed by atoms with Gasteiger partial charge in [0.05, 0.1) is 18.5 Å². The molecule has 1 aliphatic rings. The van der Waals surface area contributed by atoms with Crippen LogP contribution in [-0.4, -0.2) is 16.3 Å².